The smallest absolute Gasteiger partial charge is 0.273 e. The average molecular weight is 451 g/mol. The molecular weight excluding hydrogens is 436 g/mol. The van der Waals surface area contributed by atoms with Crippen LogP contribution < -0.4 is 9.62 Å². The van der Waals surface area contributed by atoms with Gasteiger partial charge >= 0.3 is 0 Å². The maximum Gasteiger partial charge on any atom is 0.273 e. The van der Waals surface area contributed by atoms with Crippen molar-refractivity contribution in [3.8, 4) is 0 Å². The van der Waals surface area contributed by atoms with Crippen molar-refractivity contribution in [2.75, 3.05) is 16.7 Å². The fourth-order valence-corrected chi connectivity index (χ4v) is 5.00. The number of sulfonamides is 1. The van der Waals surface area contributed by atoms with Gasteiger partial charge in [-0.15, -0.1) is 11.3 Å². The van der Waals surface area contributed by atoms with Gasteiger partial charge in [-0.05, 0) is 63.8 Å². The lowest BCUT2D eigenvalue weighted by Crippen LogP contribution is -2.25. The van der Waals surface area contributed by atoms with Crippen LogP contribution in [0.15, 0.2) is 74.7 Å². The van der Waals surface area contributed by atoms with Crippen LogP contribution in [-0.4, -0.2) is 21.4 Å². The van der Waals surface area contributed by atoms with E-state index in [1.165, 1.54) is 22.7 Å². The zero-order chi connectivity index (χ0) is 18.7. The highest BCUT2D eigenvalue weighted by molar-refractivity contribution is 9.10. The first kappa shape index (κ1) is 18.6. The molecule has 5 nitrogen and oxygen atoms in total. The highest BCUT2D eigenvalue weighted by atomic mass is 79.9. The normalized spacial score (nSPS) is 11.2. The molecule has 0 spiro atoms. The Morgan fingerprint density at radius 3 is 2.35 bits per heavy atom. The van der Waals surface area contributed by atoms with Crippen molar-refractivity contribution in [3.05, 3.63) is 76.1 Å². The predicted octanol–water partition coefficient (Wildman–Crippen LogP) is 4.59. The topological polar surface area (TPSA) is 66.5 Å². The Kier molecular flexibility index (Phi) is 5.45. The lowest BCUT2D eigenvalue weighted by Gasteiger charge is -2.18. The summed E-state index contributed by atoms with van der Waals surface area (Å²) in [6.45, 7) is 0. The van der Waals surface area contributed by atoms with Gasteiger partial charge in [-0.3, -0.25) is 9.10 Å². The van der Waals surface area contributed by atoms with Crippen LogP contribution >= 0.6 is 27.3 Å². The summed E-state index contributed by atoms with van der Waals surface area (Å²) in [6.07, 6.45) is 0. The van der Waals surface area contributed by atoms with Crippen molar-refractivity contribution in [1.82, 2.24) is 0 Å². The molecule has 0 saturated heterocycles. The number of nitrogens with one attached hydrogen (secondary N) is 1. The van der Waals surface area contributed by atoms with E-state index in [-0.39, 0.29) is 10.1 Å². The van der Waals surface area contributed by atoms with Crippen LogP contribution in [0.4, 0.5) is 11.4 Å². The quantitative estimate of drug-likeness (QED) is 0.617. The number of hydrogen-bond acceptors (Lipinski definition) is 4. The summed E-state index contributed by atoms with van der Waals surface area (Å²) < 4.78 is 27.3. The molecule has 1 heterocycles. The zero-order valence-corrected chi connectivity index (χ0v) is 16.9. The molecule has 0 radical (unpaired) electrons. The molecule has 2 aromatic carbocycles. The summed E-state index contributed by atoms with van der Waals surface area (Å²) in [7, 11) is -2.10. The Morgan fingerprint density at radius 1 is 1.04 bits per heavy atom. The number of thiophene rings is 1. The average Bonchev–Trinajstić information content (AvgIpc) is 3.18. The summed E-state index contributed by atoms with van der Waals surface area (Å²) >= 11 is 4.55. The van der Waals surface area contributed by atoms with Crippen LogP contribution in [0.25, 0.3) is 0 Å². The van der Waals surface area contributed by atoms with Gasteiger partial charge in [0.1, 0.15) is 4.21 Å². The molecule has 0 atom stereocenters. The molecular formula is C18H15BrN2O3S2. The first-order valence-electron chi connectivity index (χ1n) is 7.58. The van der Waals surface area contributed by atoms with Crippen molar-refractivity contribution < 1.29 is 13.2 Å². The number of halogens is 1. The number of para-hydroxylation sites is 1. The molecule has 0 unspecified atom stereocenters. The Labute approximate surface area is 164 Å². The van der Waals surface area contributed by atoms with Crippen LogP contribution in [0.5, 0.6) is 0 Å². The SMILES string of the molecule is CN(c1ccc(C(=O)Nc2ccccc2Br)cc1)S(=O)(=O)c1cccs1. The number of rotatable bonds is 5. The van der Waals surface area contributed by atoms with E-state index in [0.717, 1.165) is 4.47 Å². The van der Waals surface area contributed by atoms with E-state index in [1.54, 1.807) is 47.8 Å². The molecule has 1 N–H and O–H groups in total. The summed E-state index contributed by atoms with van der Waals surface area (Å²) in [5, 5.41) is 4.53. The third-order valence-corrected chi connectivity index (χ3v) is 7.58. The Bertz CT molecular complexity index is 1020. The fraction of sp³-hybridized carbons (Fsp3) is 0.0556. The number of amides is 1. The lowest BCUT2D eigenvalue weighted by atomic mass is 10.2. The van der Waals surface area contributed by atoms with Crippen LogP contribution in [-0.2, 0) is 10.0 Å². The van der Waals surface area contributed by atoms with Crippen LogP contribution in [0, 0.1) is 0 Å². The minimum Gasteiger partial charge on any atom is -0.321 e. The van der Waals surface area contributed by atoms with E-state index in [0.29, 0.717) is 16.9 Å². The maximum atomic E-state index is 12.5. The zero-order valence-electron chi connectivity index (χ0n) is 13.7. The third kappa shape index (κ3) is 3.82. The lowest BCUT2D eigenvalue weighted by molar-refractivity contribution is 0.102. The number of carbonyl (C=O) groups excluding carboxylic acids is 1. The molecule has 8 heteroatoms. The molecule has 26 heavy (non-hydrogen) atoms. The second-order valence-corrected chi connectivity index (χ2v) is 9.38. The van der Waals surface area contributed by atoms with E-state index >= 15 is 0 Å². The molecule has 1 amide bonds. The largest absolute Gasteiger partial charge is 0.321 e. The Hall–Kier alpha value is -2.16. The highest BCUT2D eigenvalue weighted by Gasteiger charge is 2.22. The minimum absolute atomic E-state index is 0.271. The van der Waals surface area contributed by atoms with Crippen molar-refractivity contribution in [2.24, 2.45) is 0 Å². The molecule has 134 valence electrons. The maximum absolute atomic E-state index is 12.5. The van der Waals surface area contributed by atoms with Crippen molar-refractivity contribution in [2.45, 2.75) is 4.21 Å². The molecule has 0 aliphatic rings. The second-order valence-electron chi connectivity index (χ2n) is 5.39. The molecule has 0 bridgehead atoms. The molecule has 0 fully saturated rings. The number of benzene rings is 2. The summed E-state index contributed by atoms with van der Waals surface area (Å²) in [5.41, 5.74) is 1.58. The van der Waals surface area contributed by atoms with Crippen LogP contribution in [0.2, 0.25) is 0 Å². The van der Waals surface area contributed by atoms with E-state index in [1.807, 2.05) is 18.2 Å². The van der Waals surface area contributed by atoms with Gasteiger partial charge in [0.2, 0.25) is 0 Å². The highest BCUT2D eigenvalue weighted by Crippen LogP contribution is 2.26. The van der Waals surface area contributed by atoms with E-state index in [2.05, 4.69) is 21.2 Å². The van der Waals surface area contributed by atoms with Gasteiger partial charge in [-0.25, -0.2) is 8.42 Å². The van der Waals surface area contributed by atoms with Gasteiger partial charge in [0.25, 0.3) is 15.9 Å². The van der Waals surface area contributed by atoms with Gasteiger partial charge in [-0.1, -0.05) is 18.2 Å². The fourth-order valence-electron chi connectivity index (χ4n) is 2.26. The molecule has 3 rings (SSSR count). The summed E-state index contributed by atoms with van der Waals surface area (Å²) in [5.74, 6) is -0.271. The van der Waals surface area contributed by atoms with Gasteiger partial charge in [0.15, 0.2) is 0 Å². The predicted molar refractivity (Wildman–Crippen MR) is 108 cm³/mol. The third-order valence-electron chi connectivity index (χ3n) is 3.73. The van der Waals surface area contributed by atoms with E-state index in [4.69, 9.17) is 0 Å². The van der Waals surface area contributed by atoms with Crippen molar-refractivity contribution >= 4 is 54.6 Å². The van der Waals surface area contributed by atoms with Crippen molar-refractivity contribution in [1.29, 1.82) is 0 Å². The number of anilines is 2. The number of hydrogen-bond donors (Lipinski definition) is 1. The molecule has 3 aromatic rings. The van der Waals surface area contributed by atoms with Gasteiger partial charge < -0.3 is 5.32 Å². The number of nitrogens with zero attached hydrogens (tertiary/aromatic N) is 1. The van der Waals surface area contributed by atoms with E-state index < -0.39 is 10.0 Å². The summed E-state index contributed by atoms with van der Waals surface area (Å²) in [4.78, 5) is 12.4. The Morgan fingerprint density at radius 2 is 1.73 bits per heavy atom. The molecule has 0 aliphatic heterocycles. The van der Waals surface area contributed by atoms with E-state index in [9.17, 15) is 13.2 Å². The molecule has 1 aromatic heterocycles. The second kappa shape index (κ2) is 7.61. The standard InChI is InChI=1S/C18H15BrN2O3S2/c1-21(26(23,24)17-7-4-12-25-17)14-10-8-13(9-11-14)18(22)20-16-6-3-2-5-15(16)19/h2-12H,1H3,(H,20,22). The summed E-state index contributed by atoms with van der Waals surface area (Å²) in [6, 6.07) is 17.0. The van der Waals surface area contributed by atoms with Gasteiger partial charge in [-0.2, -0.15) is 0 Å². The van der Waals surface area contributed by atoms with Crippen LogP contribution in [0.3, 0.4) is 0 Å². The number of carbonyl (C=O) groups is 1. The van der Waals surface area contributed by atoms with Gasteiger partial charge in [0.05, 0.1) is 11.4 Å². The first-order valence-corrected chi connectivity index (χ1v) is 10.7. The van der Waals surface area contributed by atoms with Crippen LogP contribution in [0.1, 0.15) is 10.4 Å². The first-order chi connectivity index (χ1) is 12.4. The monoisotopic (exact) mass is 450 g/mol. The Balaban J connectivity index is 1.78. The minimum atomic E-state index is -3.59. The van der Waals surface area contributed by atoms with Crippen molar-refractivity contribution in [3.63, 3.8) is 0 Å². The molecule has 0 aliphatic carbocycles. The molecule has 0 saturated carbocycles. The van der Waals surface area contributed by atoms with Gasteiger partial charge in [0, 0.05) is 17.1 Å².